The van der Waals surface area contributed by atoms with Gasteiger partial charge in [-0.3, -0.25) is 0 Å². The first-order valence-corrected chi connectivity index (χ1v) is 10.4. The van der Waals surface area contributed by atoms with Crippen LogP contribution in [0.1, 0.15) is 65.2 Å². The monoisotopic (exact) mass is 395 g/mol. The summed E-state index contributed by atoms with van der Waals surface area (Å²) in [4.78, 5) is 0. The van der Waals surface area contributed by atoms with Gasteiger partial charge in [-0.2, -0.15) is 0 Å². The van der Waals surface area contributed by atoms with Crippen molar-refractivity contribution >= 4 is 29.7 Å². The number of hydrogen-bond acceptors (Lipinski definition) is 4. The zero-order chi connectivity index (χ0) is 13.0. The summed E-state index contributed by atoms with van der Waals surface area (Å²) in [6.45, 7) is 5.71. The minimum atomic E-state index is -2.37. The predicted molar refractivity (Wildman–Crippen MR) is 81.8 cm³/mol. The van der Waals surface area contributed by atoms with Crippen molar-refractivity contribution in [2.75, 3.05) is 13.2 Å². The van der Waals surface area contributed by atoms with Crippen molar-refractivity contribution in [1.82, 2.24) is 0 Å². The third kappa shape index (κ3) is 15.7. The predicted octanol–water partition coefficient (Wildman–Crippen LogP) is 4.95. The molecule has 0 aliphatic carbocycles. The quantitative estimate of drug-likeness (QED) is 0.202. The molecule has 18 heavy (non-hydrogen) atoms. The molecule has 0 aromatic heterocycles. The number of hydrogen-bond donors (Lipinski definition) is 0. The third-order valence-corrected chi connectivity index (χ3v) is 4.76. The zero-order valence-electron chi connectivity index (χ0n) is 11.6. The van der Waals surface area contributed by atoms with Crippen LogP contribution in [0.3, 0.4) is 0 Å². The van der Waals surface area contributed by atoms with Gasteiger partial charge in [0.05, 0.1) is 18.9 Å². The van der Waals surface area contributed by atoms with E-state index in [1.165, 1.54) is 38.5 Å². The van der Waals surface area contributed by atoms with Crippen LogP contribution >= 0.6 is 5.69 Å². The maximum atomic E-state index is 5.50. The number of rotatable bonds is 12. The molecule has 0 atom stereocenters. The molecule has 0 radical (unpaired) electrons. The molecule has 0 aliphatic rings. The summed E-state index contributed by atoms with van der Waals surface area (Å²) in [6, 6.07) is 0. The molecule has 0 fully saturated rings. The van der Waals surface area contributed by atoms with Crippen LogP contribution in [-0.2, 0) is 54.2 Å². The van der Waals surface area contributed by atoms with Gasteiger partial charge in [0.1, 0.15) is 0 Å². The van der Waals surface area contributed by atoms with E-state index >= 15 is 0 Å². The van der Waals surface area contributed by atoms with Gasteiger partial charge in [-0.25, -0.2) is 0 Å². The molecule has 2 nitrogen and oxygen atoms in total. The molecule has 0 heterocycles. The van der Waals surface area contributed by atoms with Gasteiger partial charge in [-0.15, -0.1) is 0 Å². The molecule has 0 N–H and O–H groups in total. The van der Waals surface area contributed by atoms with Crippen LogP contribution in [0.15, 0.2) is 0 Å². The fraction of sp³-hybridized carbons (Fsp3) is 1.00. The Balaban J connectivity index is 0. The van der Waals surface area contributed by atoms with Gasteiger partial charge in [0.15, 0.2) is 0 Å². The summed E-state index contributed by atoms with van der Waals surface area (Å²) in [6.07, 6.45) is 9.44. The van der Waals surface area contributed by atoms with Gasteiger partial charge in [-0.1, -0.05) is 64.2 Å². The maximum Gasteiger partial charge on any atom is 0.0563 e. The van der Waals surface area contributed by atoms with Gasteiger partial charge >= 0.3 is 0 Å². The maximum absolute atomic E-state index is 5.50. The molecule has 0 amide bonds. The van der Waals surface area contributed by atoms with Crippen molar-refractivity contribution in [1.29, 1.82) is 0 Å². The van der Waals surface area contributed by atoms with Crippen molar-refractivity contribution < 1.29 is 30.1 Å². The Morgan fingerprint density at radius 3 is 1.56 bits per heavy atom. The number of unbranched alkanes of at least 4 members (excludes halogenated alkanes) is 6. The van der Waals surface area contributed by atoms with Crippen molar-refractivity contribution in [2.24, 2.45) is 0 Å². The van der Waals surface area contributed by atoms with Crippen LogP contribution in [0.4, 0.5) is 0 Å². The first-order valence-electron chi connectivity index (χ1n) is 6.72. The van der Waals surface area contributed by atoms with E-state index in [0.717, 1.165) is 12.8 Å². The summed E-state index contributed by atoms with van der Waals surface area (Å²) >= 11 is 10.4. The van der Waals surface area contributed by atoms with Crippen LogP contribution in [0, 0.1) is 0 Å². The molecule has 0 aliphatic heterocycles. The molecule has 0 spiro atoms. The van der Waals surface area contributed by atoms with Crippen molar-refractivity contribution in [3.63, 3.8) is 0 Å². The SMILES string of the molecule is CCCCCCOP(=S)([S-])OCCCCCC.[Mo]. The molecule has 0 saturated heterocycles. The molecule has 0 saturated carbocycles. The molecule has 0 aromatic carbocycles. The smallest absolute Gasteiger partial charge is 0.0563 e. The normalized spacial score (nSPS) is 11.3. The second-order valence-corrected chi connectivity index (χ2v) is 9.22. The molecular weight excluding hydrogens is 367 g/mol. The summed E-state index contributed by atoms with van der Waals surface area (Å²) in [5.74, 6) is 0. The average Bonchev–Trinajstić information content (AvgIpc) is 2.28. The van der Waals surface area contributed by atoms with Gasteiger partial charge in [-0.05, 0) is 12.8 Å². The van der Waals surface area contributed by atoms with Crippen molar-refractivity contribution in [2.45, 2.75) is 65.2 Å². The van der Waals surface area contributed by atoms with Crippen molar-refractivity contribution in [3.05, 3.63) is 0 Å². The van der Waals surface area contributed by atoms with Crippen LogP contribution in [0.5, 0.6) is 0 Å². The van der Waals surface area contributed by atoms with Gasteiger partial charge in [0, 0.05) is 21.1 Å². The minimum absolute atomic E-state index is 0. The molecule has 0 rings (SSSR count). The molecule has 110 valence electrons. The molecule has 0 unspecified atom stereocenters. The second-order valence-electron chi connectivity index (χ2n) is 4.23. The van der Waals surface area contributed by atoms with E-state index in [1.54, 1.807) is 0 Å². The summed E-state index contributed by atoms with van der Waals surface area (Å²) in [5, 5.41) is 0. The minimum Gasteiger partial charge on any atom is -0.691 e. The largest absolute Gasteiger partial charge is 0.691 e. The first-order chi connectivity index (χ1) is 8.12. The van der Waals surface area contributed by atoms with Gasteiger partial charge in [0.2, 0.25) is 0 Å². The topological polar surface area (TPSA) is 18.5 Å². The zero-order valence-corrected chi connectivity index (χ0v) is 16.1. The van der Waals surface area contributed by atoms with E-state index in [1.807, 2.05) is 0 Å². The third-order valence-electron chi connectivity index (χ3n) is 2.49. The van der Waals surface area contributed by atoms with E-state index in [2.05, 4.69) is 13.8 Å². The molecule has 0 bridgehead atoms. The van der Waals surface area contributed by atoms with Gasteiger partial charge < -0.3 is 21.3 Å². The Morgan fingerprint density at radius 1 is 0.833 bits per heavy atom. The van der Waals surface area contributed by atoms with E-state index < -0.39 is 5.69 Å². The fourth-order valence-electron chi connectivity index (χ4n) is 1.45. The van der Waals surface area contributed by atoms with Crippen molar-refractivity contribution in [3.8, 4) is 0 Å². The van der Waals surface area contributed by atoms with Crippen LogP contribution in [-0.4, -0.2) is 13.2 Å². The molecular formula is C12H26MoO2PS2-. The Bertz CT molecular complexity index is 200. The van der Waals surface area contributed by atoms with E-state index in [-0.39, 0.29) is 21.1 Å². The first kappa shape index (κ1) is 21.9. The fourth-order valence-corrected chi connectivity index (χ4v) is 3.12. The standard InChI is InChI=1S/C12H27O2PS2.Mo/c1-3-5-7-9-11-13-15(16,17)14-12-10-8-6-4-2;/h3-12H2,1-2H3,(H,16,17);/p-1. The van der Waals surface area contributed by atoms with E-state index in [9.17, 15) is 0 Å². The van der Waals surface area contributed by atoms with Crippen LogP contribution < -0.4 is 0 Å². The Hall–Kier alpha value is 1.61. The van der Waals surface area contributed by atoms with E-state index in [0.29, 0.717) is 13.2 Å². The molecule has 0 aromatic rings. The summed E-state index contributed by atoms with van der Waals surface area (Å²) in [7, 11) is 0. The van der Waals surface area contributed by atoms with Crippen LogP contribution in [0.25, 0.3) is 0 Å². The Kier molecular flexibility index (Phi) is 18.3. The van der Waals surface area contributed by atoms with E-state index in [4.69, 9.17) is 33.1 Å². The average molecular weight is 393 g/mol. The molecule has 6 heteroatoms. The summed E-state index contributed by atoms with van der Waals surface area (Å²) < 4.78 is 11.0. The summed E-state index contributed by atoms with van der Waals surface area (Å²) in [5.41, 5.74) is -2.37. The van der Waals surface area contributed by atoms with Gasteiger partial charge in [0.25, 0.3) is 0 Å². The Morgan fingerprint density at radius 2 is 1.22 bits per heavy atom. The van der Waals surface area contributed by atoms with Crippen LogP contribution in [0.2, 0.25) is 0 Å². The Labute approximate surface area is 138 Å². The second kappa shape index (κ2) is 15.0.